The van der Waals surface area contributed by atoms with Crippen molar-refractivity contribution in [2.24, 2.45) is 11.8 Å². The molecule has 5 nitrogen and oxygen atoms in total. The fourth-order valence-electron chi connectivity index (χ4n) is 3.52. The summed E-state index contributed by atoms with van der Waals surface area (Å²) in [4.78, 5) is 27.8. The Labute approximate surface area is 128 Å². The van der Waals surface area contributed by atoms with E-state index in [4.69, 9.17) is 0 Å². The van der Waals surface area contributed by atoms with Gasteiger partial charge >= 0.3 is 0 Å². The van der Waals surface area contributed by atoms with E-state index in [9.17, 15) is 14.7 Å². The summed E-state index contributed by atoms with van der Waals surface area (Å²) >= 11 is 0. The van der Waals surface area contributed by atoms with Gasteiger partial charge in [-0.3, -0.25) is 9.59 Å². The zero-order valence-electron chi connectivity index (χ0n) is 12.7. The third-order valence-electron chi connectivity index (χ3n) is 4.68. The summed E-state index contributed by atoms with van der Waals surface area (Å²) in [5.74, 6) is -0.860. The van der Waals surface area contributed by atoms with Crippen LogP contribution in [0.1, 0.15) is 41.9 Å². The predicted octanol–water partition coefficient (Wildman–Crippen LogP) is 2.18. The van der Waals surface area contributed by atoms with E-state index in [2.05, 4.69) is 10.3 Å². The second-order valence-electron chi connectivity index (χ2n) is 5.82. The molecule has 0 saturated carbocycles. The maximum Gasteiger partial charge on any atom is 0.220 e. The number of hydrogen-bond acceptors (Lipinski definition) is 3. The highest BCUT2D eigenvalue weighted by atomic mass is 16.3. The molecule has 0 aliphatic heterocycles. The maximum atomic E-state index is 12.9. The molecule has 3 rings (SSSR count). The van der Waals surface area contributed by atoms with Gasteiger partial charge in [-0.15, -0.1) is 0 Å². The quantitative estimate of drug-likeness (QED) is 0.812. The lowest BCUT2D eigenvalue weighted by atomic mass is 9.72. The molecule has 0 bridgehead atoms. The molecule has 0 saturated heterocycles. The molecular weight excluding hydrogens is 280 g/mol. The van der Waals surface area contributed by atoms with Crippen molar-refractivity contribution in [3.8, 4) is 0 Å². The number of fused-ring (bicyclic) bond motifs is 3. The van der Waals surface area contributed by atoms with Crippen molar-refractivity contribution < 1.29 is 14.7 Å². The first-order valence-electron chi connectivity index (χ1n) is 7.61. The van der Waals surface area contributed by atoms with Crippen LogP contribution >= 0.6 is 0 Å². The van der Waals surface area contributed by atoms with Gasteiger partial charge in [0.2, 0.25) is 5.91 Å². The summed E-state index contributed by atoms with van der Waals surface area (Å²) in [7, 11) is 1.56. The monoisotopic (exact) mass is 300 g/mol. The number of H-pyrrole nitrogens is 1. The van der Waals surface area contributed by atoms with E-state index < -0.39 is 12.0 Å². The largest absolute Gasteiger partial charge is 0.387 e. The molecule has 0 spiro atoms. The van der Waals surface area contributed by atoms with E-state index in [-0.39, 0.29) is 24.0 Å². The van der Waals surface area contributed by atoms with E-state index in [1.165, 1.54) is 0 Å². The van der Waals surface area contributed by atoms with Crippen LogP contribution in [-0.2, 0) is 4.79 Å². The normalized spacial score (nSPS) is 24.3. The number of hydrogen-bond donors (Lipinski definition) is 3. The van der Waals surface area contributed by atoms with Gasteiger partial charge < -0.3 is 15.4 Å². The average Bonchev–Trinajstić information content (AvgIpc) is 2.92. The molecule has 0 radical (unpaired) electrons. The number of nitrogens with one attached hydrogen (secondary N) is 2. The van der Waals surface area contributed by atoms with E-state index >= 15 is 0 Å². The molecule has 22 heavy (non-hydrogen) atoms. The van der Waals surface area contributed by atoms with Crippen LogP contribution in [0.2, 0.25) is 0 Å². The molecular formula is C17H20N2O3. The van der Waals surface area contributed by atoms with Gasteiger partial charge in [-0.25, -0.2) is 0 Å². The highest BCUT2D eigenvalue weighted by Crippen LogP contribution is 2.43. The lowest BCUT2D eigenvalue weighted by Crippen LogP contribution is -2.37. The summed E-state index contributed by atoms with van der Waals surface area (Å²) in [6, 6.07) is 7.55. The van der Waals surface area contributed by atoms with Crippen molar-refractivity contribution in [1.29, 1.82) is 0 Å². The predicted molar refractivity (Wildman–Crippen MR) is 83.5 cm³/mol. The Bertz CT molecular complexity index is 735. The van der Waals surface area contributed by atoms with Crippen molar-refractivity contribution in [1.82, 2.24) is 10.3 Å². The molecule has 1 heterocycles. The molecule has 116 valence electrons. The first-order valence-corrected chi connectivity index (χ1v) is 7.61. The fourth-order valence-corrected chi connectivity index (χ4v) is 3.52. The Morgan fingerprint density at radius 2 is 2.09 bits per heavy atom. The van der Waals surface area contributed by atoms with Crippen LogP contribution in [-0.4, -0.2) is 28.8 Å². The highest BCUT2D eigenvalue weighted by molar-refractivity contribution is 6.11. The number of aliphatic hydroxyl groups is 1. The van der Waals surface area contributed by atoms with Crippen LogP contribution in [0.4, 0.5) is 0 Å². The molecule has 1 aliphatic rings. The number of aromatic amines is 1. The van der Waals surface area contributed by atoms with Gasteiger partial charge in [-0.1, -0.05) is 25.1 Å². The molecule has 2 aromatic rings. The highest BCUT2D eigenvalue weighted by Gasteiger charge is 2.43. The van der Waals surface area contributed by atoms with Crippen molar-refractivity contribution in [3.05, 3.63) is 35.5 Å². The zero-order valence-corrected chi connectivity index (χ0v) is 12.7. The zero-order chi connectivity index (χ0) is 15.9. The molecule has 1 aromatic heterocycles. The lowest BCUT2D eigenvalue weighted by Gasteiger charge is -2.33. The summed E-state index contributed by atoms with van der Waals surface area (Å²) in [6.45, 7) is 1.92. The summed E-state index contributed by atoms with van der Waals surface area (Å²) in [5, 5.41) is 14.1. The van der Waals surface area contributed by atoms with Gasteiger partial charge in [0.1, 0.15) is 0 Å². The van der Waals surface area contributed by atoms with E-state index in [0.29, 0.717) is 17.7 Å². The van der Waals surface area contributed by atoms with Crippen LogP contribution in [0.3, 0.4) is 0 Å². The van der Waals surface area contributed by atoms with E-state index in [1.54, 1.807) is 7.05 Å². The van der Waals surface area contributed by atoms with Crippen LogP contribution in [0.5, 0.6) is 0 Å². The Balaban J connectivity index is 2.12. The summed E-state index contributed by atoms with van der Waals surface area (Å²) in [6.07, 6.45) is -0.0740. The number of carbonyl (C=O) groups is 2. The smallest absolute Gasteiger partial charge is 0.220 e. The molecule has 5 heteroatoms. The number of para-hydroxylation sites is 1. The van der Waals surface area contributed by atoms with Gasteiger partial charge in [0.15, 0.2) is 5.78 Å². The number of benzene rings is 1. The van der Waals surface area contributed by atoms with Crippen molar-refractivity contribution in [2.45, 2.75) is 25.9 Å². The topological polar surface area (TPSA) is 82.2 Å². The molecule has 1 amide bonds. The fraction of sp³-hybridized carbons (Fsp3) is 0.412. The minimum atomic E-state index is -0.831. The molecule has 3 atom stereocenters. The van der Waals surface area contributed by atoms with E-state index in [0.717, 1.165) is 10.9 Å². The Kier molecular flexibility index (Phi) is 3.74. The minimum absolute atomic E-state index is 0.0224. The first kappa shape index (κ1) is 14.8. The van der Waals surface area contributed by atoms with Crippen LogP contribution in [0.25, 0.3) is 10.9 Å². The number of ketones is 1. The van der Waals surface area contributed by atoms with Gasteiger partial charge in [-0.05, 0) is 12.5 Å². The Morgan fingerprint density at radius 1 is 1.36 bits per heavy atom. The molecule has 0 unspecified atom stereocenters. The molecule has 1 aliphatic carbocycles. The SMILES string of the molecule is CC[C@@H]1C(=O)c2c([nH]c3ccccc23)[C@@H](O)[C@H]1CC(=O)NC. The first-order chi connectivity index (χ1) is 10.6. The van der Waals surface area contributed by atoms with E-state index in [1.807, 2.05) is 31.2 Å². The lowest BCUT2D eigenvalue weighted by molar-refractivity contribution is -0.123. The molecule has 0 fully saturated rings. The summed E-state index contributed by atoms with van der Waals surface area (Å²) < 4.78 is 0. The third kappa shape index (κ3) is 2.13. The number of aliphatic hydroxyl groups excluding tert-OH is 1. The maximum absolute atomic E-state index is 12.9. The van der Waals surface area contributed by atoms with Crippen molar-refractivity contribution in [3.63, 3.8) is 0 Å². The number of rotatable bonds is 3. The number of Topliss-reactive ketones (excluding diaryl/α,β-unsaturated/α-hetero) is 1. The standard InChI is InChI=1S/C17H20N2O3/c1-3-9-11(8-13(20)18-2)17(22)15-14(16(9)21)10-6-4-5-7-12(10)19-15/h4-7,9,11,17,19,22H,3,8H2,1-2H3,(H,18,20)/t9-,11-,17-/m0/s1. The Hall–Kier alpha value is -2.14. The minimum Gasteiger partial charge on any atom is -0.387 e. The van der Waals surface area contributed by atoms with Gasteiger partial charge in [0.25, 0.3) is 0 Å². The Morgan fingerprint density at radius 3 is 2.77 bits per heavy atom. The van der Waals surface area contributed by atoms with Crippen molar-refractivity contribution >= 4 is 22.6 Å². The summed E-state index contributed by atoms with van der Waals surface area (Å²) in [5.41, 5.74) is 1.98. The van der Waals surface area contributed by atoms with Gasteiger partial charge in [0.05, 0.1) is 11.8 Å². The molecule has 1 aromatic carbocycles. The second-order valence-corrected chi connectivity index (χ2v) is 5.82. The second kappa shape index (κ2) is 5.57. The third-order valence-corrected chi connectivity index (χ3v) is 4.68. The van der Waals surface area contributed by atoms with Crippen LogP contribution < -0.4 is 5.32 Å². The van der Waals surface area contributed by atoms with Crippen molar-refractivity contribution in [2.75, 3.05) is 7.05 Å². The molecule has 3 N–H and O–H groups in total. The number of aromatic nitrogens is 1. The number of carbonyl (C=O) groups excluding carboxylic acids is 2. The average molecular weight is 300 g/mol. The van der Waals surface area contributed by atoms with Crippen LogP contribution in [0, 0.1) is 11.8 Å². The number of amides is 1. The van der Waals surface area contributed by atoms with Gasteiger partial charge in [0, 0.05) is 41.8 Å². The van der Waals surface area contributed by atoms with Crippen LogP contribution in [0.15, 0.2) is 24.3 Å². The van der Waals surface area contributed by atoms with Gasteiger partial charge in [-0.2, -0.15) is 0 Å².